The van der Waals surface area contributed by atoms with E-state index in [0.29, 0.717) is 11.0 Å². The Morgan fingerprint density at radius 3 is 2.61 bits per heavy atom. The Kier molecular flexibility index (Phi) is 4.01. The zero-order valence-electron chi connectivity index (χ0n) is 12.2. The number of ether oxygens (including phenoxy) is 1. The van der Waals surface area contributed by atoms with Crippen molar-refractivity contribution in [1.82, 2.24) is 14.5 Å². The Morgan fingerprint density at radius 1 is 1.17 bits per heavy atom. The second-order valence-electron chi connectivity index (χ2n) is 4.87. The Morgan fingerprint density at radius 2 is 1.91 bits per heavy atom. The molecule has 0 aliphatic heterocycles. The number of hydrogen-bond acceptors (Lipinski definition) is 4. The molecular formula is C16H13F2N3O2. The lowest BCUT2D eigenvalue weighted by atomic mass is 10.3. The van der Waals surface area contributed by atoms with Crippen molar-refractivity contribution in [3.05, 3.63) is 60.2 Å². The number of benzene rings is 1. The van der Waals surface area contributed by atoms with Crippen LogP contribution < -0.4 is 0 Å². The first kappa shape index (κ1) is 15.1. The summed E-state index contributed by atoms with van der Waals surface area (Å²) < 4.78 is 32.8. The van der Waals surface area contributed by atoms with E-state index in [1.54, 1.807) is 36.4 Å². The fourth-order valence-corrected chi connectivity index (χ4v) is 2.31. The van der Waals surface area contributed by atoms with Gasteiger partial charge >= 0.3 is 12.5 Å². The Hall–Kier alpha value is -2.83. The summed E-state index contributed by atoms with van der Waals surface area (Å²) in [5.41, 5.74) is 0.820. The zero-order valence-corrected chi connectivity index (χ0v) is 12.2. The van der Waals surface area contributed by atoms with Gasteiger partial charge in [0, 0.05) is 6.20 Å². The molecule has 0 amide bonds. The molecular weight excluding hydrogens is 304 g/mol. The minimum atomic E-state index is -2.78. The third kappa shape index (κ3) is 2.90. The van der Waals surface area contributed by atoms with Gasteiger partial charge in [0.1, 0.15) is 5.69 Å². The predicted octanol–water partition coefficient (Wildman–Crippen LogP) is 3.74. The summed E-state index contributed by atoms with van der Waals surface area (Å²) in [4.78, 5) is 20.1. The van der Waals surface area contributed by atoms with Crippen molar-refractivity contribution >= 4 is 17.0 Å². The predicted molar refractivity (Wildman–Crippen MR) is 79.1 cm³/mol. The Balaban J connectivity index is 1.93. The molecule has 5 nitrogen and oxygen atoms in total. The highest BCUT2D eigenvalue weighted by Gasteiger charge is 2.24. The molecule has 0 aliphatic carbocycles. The molecule has 7 heteroatoms. The molecule has 0 fully saturated rings. The molecule has 2 aromatic heterocycles. The average molecular weight is 317 g/mol. The number of esters is 1. The number of carbonyl (C=O) groups is 1. The molecule has 3 rings (SSSR count). The lowest BCUT2D eigenvalue weighted by Gasteiger charge is -2.14. The van der Waals surface area contributed by atoms with Crippen LogP contribution in [-0.2, 0) is 4.74 Å². The molecule has 0 radical (unpaired) electrons. The maximum atomic E-state index is 13.4. The number of fused-ring (bicyclic) bond motifs is 1. The Bertz CT molecular complexity index is 834. The maximum Gasteiger partial charge on any atom is 0.357 e. The van der Waals surface area contributed by atoms with E-state index in [1.165, 1.54) is 19.2 Å². The quantitative estimate of drug-likeness (QED) is 0.688. The van der Waals surface area contributed by atoms with Crippen LogP contribution in [0.5, 0.6) is 0 Å². The van der Waals surface area contributed by atoms with Crippen LogP contribution in [0.3, 0.4) is 0 Å². The molecule has 1 unspecified atom stereocenters. The van der Waals surface area contributed by atoms with Crippen LogP contribution in [0.1, 0.15) is 35.9 Å². The standard InChI is InChI=1S/C16H13F2N3O2/c1-10(23-15(22)12-7-4-5-9-19-12)14-20-11-6-2-3-8-13(11)21(14)16(17)18/h2-10,16H,1H3. The molecule has 1 aromatic carbocycles. The van der Waals surface area contributed by atoms with Gasteiger partial charge in [-0.05, 0) is 31.2 Å². The minimum absolute atomic E-state index is 0.00881. The number of carbonyl (C=O) groups excluding carboxylic acids is 1. The third-order valence-electron chi connectivity index (χ3n) is 3.34. The van der Waals surface area contributed by atoms with E-state index in [2.05, 4.69) is 9.97 Å². The summed E-state index contributed by atoms with van der Waals surface area (Å²) in [7, 11) is 0. The minimum Gasteiger partial charge on any atom is -0.450 e. The van der Waals surface area contributed by atoms with Crippen LogP contribution in [0.4, 0.5) is 8.78 Å². The van der Waals surface area contributed by atoms with Crippen LogP contribution in [-0.4, -0.2) is 20.5 Å². The smallest absolute Gasteiger partial charge is 0.357 e. The van der Waals surface area contributed by atoms with Crippen molar-refractivity contribution in [2.45, 2.75) is 19.6 Å². The van der Waals surface area contributed by atoms with E-state index in [0.717, 1.165) is 4.57 Å². The van der Waals surface area contributed by atoms with Gasteiger partial charge in [-0.3, -0.25) is 4.57 Å². The summed E-state index contributed by atoms with van der Waals surface area (Å²) in [5.74, 6) is -0.698. The van der Waals surface area contributed by atoms with Gasteiger partial charge < -0.3 is 4.74 Å². The van der Waals surface area contributed by atoms with Gasteiger partial charge in [-0.1, -0.05) is 18.2 Å². The number of halogens is 2. The third-order valence-corrected chi connectivity index (χ3v) is 3.34. The topological polar surface area (TPSA) is 57.0 Å². The van der Waals surface area contributed by atoms with Crippen molar-refractivity contribution in [3.63, 3.8) is 0 Å². The molecule has 23 heavy (non-hydrogen) atoms. The van der Waals surface area contributed by atoms with Crippen LogP contribution >= 0.6 is 0 Å². The second kappa shape index (κ2) is 6.12. The molecule has 0 saturated carbocycles. The lowest BCUT2D eigenvalue weighted by molar-refractivity contribution is 0.0227. The first-order valence-corrected chi connectivity index (χ1v) is 6.95. The highest BCUT2D eigenvalue weighted by atomic mass is 19.3. The van der Waals surface area contributed by atoms with Gasteiger partial charge in [-0.2, -0.15) is 8.78 Å². The average Bonchev–Trinajstić information content (AvgIpc) is 2.95. The van der Waals surface area contributed by atoms with Crippen molar-refractivity contribution < 1.29 is 18.3 Å². The number of rotatable bonds is 4. The number of aromatic nitrogens is 3. The Labute approximate surface area is 130 Å². The number of para-hydroxylation sites is 2. The molecule has 118 valence electrons. The number of nitrogens with zero attached hydrogens (tertiary/aromatic N) is 3. The molecule has 2 heterocycles. The number of pyridine rings is 1. The highest BCUT2D eigenvalue weighted by molar-refractivity contribution is 5.87. The zero-order chi connectivity index (χ0) is 16.4. The van der Waals surface area contributed by atoms with Gasteiger partial charge in [0.2, 0.25) is 0 Å². The maximum absolute atomic E-state index is 13.4. The van der Waals surface area contributed by atoms with Gasteiger partial charge in [-0.15, -0.1) is 0 Å². The fraction of sp³-hybridized carbons (Fsp3) is 0.188. The second-order valence-corrected chi connectivity index (χ2v) is 4.87. The number of hydrogen-bond donors (Lipinski definition) is 0. The van der Waals surface area contributed by atoms with Gasteiger partial charge in [0.25, 0.3) is 0 Å². The fourth-order valence-electron chi connectivity index (χ4n) is 2.31. The first-order chi connectivity index (χ1) is 11.1. The van der Waals surface area contributed by atoms with Crippen LogP contribution in [0.15, 0.2) is 48.7 Å². The van der Waals surface area contributed by atoms with Gasteiger partial charge in [0.05, 0.1) is 11.0 Å². The van der Waals surface area contributed by atoms with Crippen molar-refractivity contribution in [2.75, 3.05) is 0 Å². The van der Waals surface area contributed by atoms with Crippen LogP contribution in [0.25, 0.3) is 11.0 Å². The van der Waals surface area contributed by atoms with E-state index < -0.39 is 18.6 Å². The summed E-state index contributed by atoms with van der Waals surface area (Å²) in [6.45, 7) is -1.28. The van der Waals surface area contributed by atoms with E-state index in [-0.39, 0.29) is 11.5 Å². The molecule has 0 spiro atoms. The number of imidazole rings is 1. The van der Waals surface area contributed by atoms with Crippen LogP contribution in [0, 0.1) is 0 Å². The normalized spacial score (nSPS) is 12.5. The first-order valence-electron chi connectivity index (χ1n) is 6.95. The van der Waals surface area contributed by atoms with Crippen molar-refractivity contribution in [2.24, 2.45) is 0 Å². The molecule has 0 saturated heterocycles. The SMILES string of the molecule is CC(OC(=O)c1ccccn1)c1nc2ccccc2n1C(F)F. The van der Waals surface area contributed by atoms with E-state index in [9.17, 15) is 13.6 Å². The van der Waals surface area contributed by atoms with Gasteiger partial charge in [-0.25, -0.2) is 14.8 Å². The molecule has 3 aromatic rings. The molecule has 0 N–H and O–H groups in total. The van der Waals surface area contributed by atoms with E-state index >= 15 is 0 Å². The number of alkyl halides is 2. The highest BCUT2D eigenvalue weighted by Crippen LogP contribution is 2.28. The summed E-state index contributed by atoms with van der Waals surface area (Å²) >= 11 is 0. The molecule has 1 atom stereocenters. The molecule has 0 aliphatic rings. The monoisotopic (exact) mass is 317 g/mol. The van der Waals surface area contributed by atoms with E-state index in [1.807, 2.05) is 0 Å². The summed E-state index contributed by atoms with van der Waals surface area (Å²) in [6.07, 6.45) is 0.515. The summed E-state index contributed by atoms with van der Waals surface area (Å²) in [6, 6.07) is 11.3. The van der Waals surface area contributed by atoms with E-state index in [4.69, 9.17) is 4.74 Å². The van der Waals surface area contributed by atoms with Gasteiger partial charge in [0.15, 0.2) is 11.9 Å². The van der Waals surface area contributed by atoms with Crippen LogP contribution in [0.2, 0.25) is 0 Å². The molecule has 0 bridgehead atoms. The van der Waals surface area contributed by atoms with Crippen molar-refractivity contribution in [1.29, 1.82) is 0 Å². The lowest BCUT2D eigenvalue weighted by Crippen LogP contribution is -2.15. The van der Waals surface area contributed by atoms with Crippen molar-refractivity contribution in [3.8, 4) is 0 Å². The summed E-state index contributed by atoms with van der Waals surface area (Å²) in [5, 5.41) is 0. The largest absolute Gasteiger partial charge is 0.450 e.